The second-order valence-corrected chi connectivity index (χ2v) is 4.90. The Bertz CT molecular complexity index is 537. The number of nitrogens with zero attached hydrogens (tertiary/aromatic N) is 2. The third-order valence-electron chi connectivity index (χ3n) is 2.55. The number of halogens is 2. The van der Waals surface area contributed by atoms with Gasteiger partial charge in [-0.15, -0.1) is 0 Å². The summed E-state index contributed by atoms with van der Waals surface area (Å²) in [5, 5.41) is 3.80. The minimum atomic E-state index is 0.712. The highest BCUT2D eigenvalue weighted by Gasteiger charge is 2.14. The molecule has 0 saturated carbocycles. The van der Waals surface area contributed by atoms with Gasteiger partial charge in [-0.05, 0) is 35.1 Å². The largest absolute Gasteiger partial charge is 0.322 e. The summed E-state index contributed by atoms with van der Waals surface area (Å²) in [4.78, 5) is 4.60. The van der Waals surface area contributed by atoms with E-state index in [4.69, 9.17) is 11.6 Å². The SMILES string of the molecule is CNCc1nc(-c2ccccc2Cl)n(C)c1Br. The van der Waals surface area contributed by atoms with Crippen LogP contribution in [0.1, 0.15) is 5.69 Å². The molecule has 0 radical (unpaired) electrons. The maximum Gasteiger partial charge on any atom is 0.142 e. The lowest BCUT2D eigenvalue weighted by molar-refractivity contribution is 0.788. The molecular formula is C12H13BrClN3. The molecule has 17 heavy (non-hydrogen) atoms. The summed E-state index contributed by atoms with van der Waals surface area (Å²) < 4.78 is 2.97. The predicted molar refractivity (Wildman–Crippen MR) is 74.1 cm³/mol. The molecule has 5 heteroatoms. The van der Waals surface area contributed by atoms with Gasteiger partial charge in [0.05, 0.1) is 10.7 Å². The highest BCUT2D eigenvalue weighted by atomic mass is 79.9. The van der Waals surface area contributed by atoms with Crippen LogP contribution in [0.2, 0.25) is 5.02 Å². The van der Waals surface area contributed by atoms with Crippen LogP contribution in [0.5, 0.6) is 0 Å². The number of imidazole rings is 1. The third-order valence-corrected chi connectivity index (χ3v) is 3.87. The minimum Gasteiger partial charge on any atom is -0.322 e. The molecule has 0 spiro atoms. The molecule has 0 bridgehead atoms. The monoisotopic (exact) mass is 313 g/mol. The van der Waals surface area contributed by atoms with Gasteiger partial charge in [-0.2, -0.15) is 0 Å². The van der Waals surface area contributed by atoms with Gasteiger partial charge in [0.1, 0.15) is 10.4 Å². The molecule has 0 fully saturated rings. The Morgan fingerprint density at radius 1 is 1.41 bits per heavy atom. The molecular weight excluding hydrogens is 302 g/mol. The van der Waals surface area contributed by atoms with Gasteiger partial charge in [0.25, 0.3) is 0 Å². The Morgan fingerprint density at radius 3 is 2.76 bits per heavy atom. The fourth-order valence-electron chi connectivity index (χ4n) is 1.70. The van der Waals surface area contributed by atoms with Crippen LogP contribution < -0.4 is 5.32 Å². The lowest BCUT2D eigenvalue weighted by Gasteiger charge is -2.04. The van der Waals surface area contributed by atoms with Crippen LogP contribution in [-0.4, -0.2) is 16.6 Å². The Labute approximate surface area is 114 Å². The van der Waals surface area contributed by atoms with E-state index in [0.717, 1.165) is 28.2 Å². The predicted octanol–water partition coefficient (Wildman–Crippen LogP) is 3.22. The first kappa shape index (κ1) is 12.6. The summed E-state index contributed by atoms with van der Waals surface area (Å²) in [6, 6.07) is 7.72. The van der Waals surface area contributed by atoms with E-state index in [1.165, 1.54) is 0 Å². The van der Waals surface area contributed by atoms with Crippen LogP contribution in [0.15, 0.2) is 28.9 Å². The highest BCUT2D eigenvalue weighted by molar-refractivity contribution is 9.10. The molecule has 3 nitrogen and oxygen atoms in total. The maximum absolute atomic E-state index is 6.19. The lowest BCUT2D eigenvalue weighted by Crippen LogP contribution is -2.05. The lowest BCUT2D eigenvalue weighted by atomic mass is 10.2. The molecule has 0 aliphatic carbocycles. The fourth-order valence-corrected chi connectivity index (χ4v) is 2.32. The first-order chi connectivity index (χ1) is 8.15. The van der Waals surface area contributed by atoms with E-state index >= 15 is 0 Å². The summed E-state index contributed by atoms with van der Waals surface area (Å²) >= 11 is 9.73. The van der Waals surface area contributed by atoms with Crippen molar-refractivity contribution in [3.8, 4) is 11.4 Å². The van der Waals surface area contributed by atoms with Gasteiger partial charge in [0.2, 0.25) is 0 Å². The number of hydrogen-bond donors (Lipinski definition) is 1. The molecule has 90 valence electrons. The Balaban J connectivity index is 2.53. The molecule has 1 N–H and O–H groups in total. The molecule has 0 atom stereocenters. The summed E-state index contributed by atoms with van der Waals surface area (Å²) in [5.74, 6) is 0.868. The topological polar surface area (TPSA) is 29.9 Å². The molecule has 1 heterocycles. The zero-order valence-electron chi connectivity index (χ0n) is 9.67. The van der Waals surface area contributed by atoms with Crippen LogP contribution in [0.3, 0.4) is 0 Å². The van der Waals surface area contributed by atoms with Gasteiger partial charge in [-0.25, -0.2) is 4.98 Å². The van der Waals surface area contributed by atoms with Crippen molar-refractivity contribution >= 4 is 27.5 Å². The van der Waals surface area contributed by atoms with Gasteiger partial charge < -0.3 is 9.88 Å². The molecule has 0 saturated heterocycles. The van der Waals surface area contributed by atoms with E-state index in [9.17, 15) is 0 Å². The molecule has 0 aliphatic heterocycles. The Hall–Kier alpha value is -0.840. The normalized spacial score (nSPS) is 10.8. The van der Waals surface area contributed by atoms with E-state index in [1.807, 2.05) is 42.9 Å². The smallest absolute Gasteiger partial charge is 0.142 e. The number of benzene rings is 1. The Kier molecular flexibility index (Phi) is 3.86. The van der Waals surface area contributed by atoms with Crippen molar-refractivity contribution in [3.05, 3.63) is 39.6 Å². The van der Waals surface area contributed by atoms with Crippen LogP contribution >= 0.6 is 27.5 Å². The number of nitrogens with one attached hydrogen (secondary N) is 1. The zero-order valence-corrected chi connectivity index (χ0v) is 12.0. The van der Waals surface area contributed by atoms with E-state index in [-0.39, 0.29) is 0 Å². The summed E-state index contributed by atoms with van der Waals surface area (Å²) in [5.41, 5.74) is 1.92. The van der Waals surface area contributed by atoms with Crippen LogP contribution in [-0.2, 0) is 13.6 Å². The van der Waals surface area contributed by atoms with Crippen molar-refractivity contribution in [1.82, 2.24) is 14.9 Å². The van der Waals surface area contributed by atoms with Crippen molar-refractivity contribution in [3.63, 3.8) is 0 Å². The molecule has 0 unspecified atom stereocenters. The highest BCUT2D eigenvalue weighted by Crippen LogP contribution is 2.30. The average molecular weight is 315 g/mol. The molecule has 2 rings (SSSR count). The molecule has 0 amide bonds. The van der Waals surface area contributed by atoms with Gasteiger partial charge >= 0.3 is 0 Å². The Morgan fingerprint density at radius 2 is 2.12 bits per heavy atom. The van der Waals surface area contributed by atoms with E-state index < -0.39 is 0 Å². The van der Waals surface area contributed by atoms with Crippen LogP contribution in [0.4, 0.5) is 0 Å². The molecule has 0 aliphatic rings. The van der Waals surface area contributed by atoms with Crippen molar-refractivity contribution < 1.29 is 0 Å². The third kappa shape index (κ3) is 2.39. The van der Waals surface area contributed by atoms with Gasteiger partial charge in [-0.3, -0.25) is 0 Å². The fraction of sp³-hybridized carbons (Fsp3) is 0.250. The van der Waals surface area contributed by atoms with Crippen molar-refractivity contribution in [2.24, 2.45) is 7.05 Å². The summed E-state index contributed by atoms with van der Waals surface area (Å²) in [6.07, 6.45) is 0. The number of hydrogen-bond acceptors (Lipinski definition) is 2. The second kappa shape index (κ2) is 5.21. The molecule has 2 aromatic rings. The summed E-state index contributed by atoms with van der Waals surface area (Å²) in [6.45, 7) is 0.721. The first-order valence-corrected chi connectivity index (χ1v) is 6.43. The van der Waals surface area contributed by atoms with Crippen LogP contribution in [0, 0.1) is 0 Å². The van der Waals surface area contributed by atoms with Crippen molar-refractivity contribution in [1.29, 1.82) is 0 Å². The molecule has 1 aromatic heterocycles. The van der Waals surface area contributed by atoms with Gasteiger partial charge in [0.15, 0.2) is 0 Å². The number of rotatable bonds is 3. The minimum absolute atomic E-state index is 0.712. The second-order valence-electron chi connectivity index (χ2n) is 3.74. The van der Waals surface area contributed by atoms with Gasteiger partial charge in [0, 0.05) is 19.2 Å². The quantitative estimate of drug-likeness (QED) is 0.942. The van der Waals surface area contributed by atoms with Crippen molar-refractivity contribution in [2.45, 2.75) is 6.54 Å². The molecule has 1 aromatic carbocycles. The van der Waals surface area contributed by atoms with E-state index in [2.05, 4.69) is 26.2 Å². The first-order valence-electron chi connectivity index (χ1n) is 5.25. The van der Waals surface area contributed by atoms with E-state index in [0.29, 0.717) is 5.02 Å². The van der Waals surface area contributed by atoms with Crippen LogP contribution in [0.25, 0.3) is 11.4 Å². The van der Waals surface area contributed by atoms with Gasteiger partial charge in [-0.1, -0.05) is 23.7 Å². The maximum atomic E-state index is 6.19. The van der Waals surface area contributed by atoms with E-state index in [1.54, 1.807) is 0 Å². The summed E-state index contributed by atoms with van der Waals surface area (Å²) in [7, 11) is 3.87. The van der Waals surface area contributed by atoms with Crippen molar-refractivity contribution in [2.75, 3.05) is 7.05 Å². The zero-order chi connectivity index (χ0) is 12.4. The standard InChI is InChI=1S/C12H13BrClN3/c1-15-7-10-11(13)17(2)12(16-10)8-5-3-4-6-9(8)14/h3-6,15H,7H2,1-2H3. The number of aromatic nitrogens is 2. The average Bonchev–Trinajstić information content (AvgIpc) is 2.59.